The first-order valence-corrected chi connectivity index (χ1v) is 10.3. The monoisotopic (exact) mass is 365 g/mol. The normalized spacial score (nSPS) is 23.1. The second-order valence-corrected chi connectivity index (χ2v) is 9.27. The van der Waals surface area contributed by atoms with E-state index >= 15 is 0 Å². The zero-order chi connectivity index (χ0) is 18.1. The van der Waals surface area contributed by atoms with Crippen molar-refractivity contribution in [2.75, 3.05) is 0 Å². The lowest BCUT2D eigenvalue weighted by Crippen LogP contribution is -2.26. The van der Waals surface area contributed by atoms with Crippen LogP contribution in [0.5, 0.6) is 5.75 Å². The van der Waals surface area contributed by atoms with Crippen LogP contribution in [0.3, 0.4) is 0 Å². The maximum atomic E-state index is 12.3. The molecule has 26 heavy (non-hydrogen) atoms. The van der Waals surface area contributed by atoms with Crippen LogP contribution in [0.2, 0.25) is 0 Å². The fourth-order valence-corrected chi connectivity index (χ4v) is 5.93. The molecule has 2 aromatic rings. The molecule has 0 aromatic heterocycles. The fourth-order valence-electron chi connectivity index (χ4n) is 3.74. The number of allylic oxidation sites excluding steroid dienone is 1. The van der Waals surface area contributed by atoms with Crippen LogP contribution in [-0.2, 0) is 16.4 Å². The SMILES string of the molecule is N#Cc1ccc(C2=CC3CCC(C2)S3(=O)=O)cc1OCc1ccccc1. The van der Waals surface area contributed by atoms with Gasteiger partial charge in [-0.05, 0) is 48.1 Å². The molecule has 2 unspecified atom stereocenters. The number of hydrogen-bond acceptors (Lipinski definition) is 4. The molecule has 4 nitrogen and oxygen atoms in total. The van der Waals surface area contributed by atoms with Crippen molar-refractivity contribution < 1.29 is 13.2 Å². The predicted octanol–water partition coefficient (Wildman–Crippen LogP) is 3.87. The summed E-state index contributed by atoms with van der Waals surface area (Å²) in [7, 11) is -3.00. The highest BCUT2D eigenvalue weighted by molar-refractivity contribution is 7.93. The maximum Gasteiger partial charge on any atom is 0.159 e. The maximum absolute atomic E-state index is 12.3. The predicted molar refractivity (Wildman–Crippen MR) is 100 cm³/mol. The summed E-state index contributed by atoms with van der Waals surface area (Å²) < 4.78 is 30.4. The zero-order valence-electron chi connectivity index (χ0n) is 14.3. The first-order chi connectivity index (χ1) is 12.6. The molecule has 5 heteroatoms. The van der Waals surface area contributed by atoms with Gasteiger partial charge in [0.2, 0.25) is 0 Å². The van der Waals surface area contributed by atoms with Gasteiger partial charge in [-0.1, -0.05) is 42.5 Å². The summed E-state index contributed by atoms with van der Waals surface area (Å²) in [6.07, 6.45) is 3.88. The summed E-state index contributed by atoms with van der Waals surface area (Å²) in [6, 6.07) is 17.5. The Bertz CT molecular complexity index is 1000. The standard InChI is InChI=1S/C21H19NO3S/c22-13-17-7-6-16(12-21(17)25-14-15-4-2-1-3-5-15)18-10-19-8-9-20(11-18)26(19,23)24/h1-7,10,12,19-20H,8-9,11,14H2. The summed E-state index contributed by atoms with van der Waals surface area (Å²) in [5, 5.41) is 8.73. The summed E-state index contributed by atoms with van der Waals surface area (Å²) in [5.74, 6) is 0.538. The molecule has 2 aliphatic rings. The van der Waals surface area contributed by atoms with Crippen LogP contribution in [0.15, 0.2) is 54.6 Å². The Morgan fingerprint density at radius 2 is 1.92 bits per heavy atom. The minimum atomic E-state index is -3.00. The quantitative estimate of drug-likeness (QED) is 0.825. The van der Waals surface area contributed by atoms with Gasteiger partial charge in [0.05, 0.1) is 16.1 Å². The molecule has 132 valence electrons. The molecule has 4 rings (SSSR count). The van der Waals surface area contributed by atoms with Crippen LogP contribution in [0, 0.1) is 11.3 Å². The lowest BCUT2D eigenvalue weighted by molar-refractivity contribution is 0.305. The van der Waals surface area contributed by atoms with Gasteiger partial charge in [-0.15, -0.1) is 0 Å². The summed E-state index contributed by atoms with van der Waals surface area (Å²) in [5.41, 5.74) is 3.50. The van der Waals surface area contributed by atoms with E-state index in [2.05, 4.69) is 6.07 Å². The average Bonchev–Trinajstić information content (AvgIpc) is 2.84. The van der Waals surface area contributed by atoms with Gasteiger partial charge in [-0.25, -0.2) is 8.42 Å². The lowest BCUT2D eigenvalue weighted by Gasteiger charge is -2.21. The lowest BCUT2D eigenvalue weighted by atomic mass is 9.99. The van der Waals surface area contributed by atoms with Crippen molar-refractivity contribution in [3.8, 4) is 11.8 Å². The highest BCUT2D eigenvalue weighted by Crippen LogP contribution is 2.41. The van der Waals surface area contributed by atoms with Gasteiger partial charge in [0.25, 0.3) is 0 Å². The second kappa shape index (κ2) is 6.62. The van der Waals surface area contributed by atoms with E-state index in [0.717, 1.165) is 23.1 Å². The molecule has 1 fully saturated rings. The molecule has 0 amide bonds. The molecular formula is C21H19NO3S. The molecular weight excluding hydrogens is 346 g/mol. The van der Waals surface area contributed by atoms with Gasteiger partial charge in [0.15, 0.2) is 9.84 Å². The molecule has 2 heterocycles. The molecule has 2 aliphatic heterocycles. The molecule has 2 aromatic carbocycles. The smallest absolute Gasteiger partial charge is 0.159 e. The molecule has 0 aliphatic carbocycles. The van der Waals surface area contributed by atoms with Crippen LogP contribution >= 0.6 is 0 Å². The van der Waals surface area contributed by atoms with E-state index in [-0.39, 0.29) is 10.5 Å². The fraction of sp³-hybridized carbons (Fsp3) is 0.286. The van der Waals surface area contributed by atoms with E-state index in [1.807, 2.05) is 48.5 Å². The molecule has 0 saturated carbocycles. The number of rotatable bonds is 4. The van der Waals surface area contributed by atoms with Crippen LogP contribution in [0.25, 0.3) is 5.57 Å². The van der Waals surface area contributed by atoms with Crippen LogP contribution in [0.1, 0.15) is 36.0 Å². The van der Waals surface area contributed by atoms with Crippen LogP contribution in [-0.4, -0.2) is 18.9 Å². The Labute approximate surface area is 153 Å². The first kappa shape index (κ1) is 16.9. The van der Waals surface area contributed by atoms with Gasteiger partial charge in [0.1, 0.15) is 18.4 Å². The molecule has 0 spiro atoms. The van der Waals surface area contributed by atoms with E-state index < -0.39 is 9.84 Å². The molecule has 2 bridgehead atoms. The third kappa shape index (κ3) is 3.02. The number of hydrogen-bond donors (Lipinski definition) is 0. The van der Waals surface area contributed by atoms with Crippen molar-refractivity contribution in [1.29, 1.82) is 5.26 Å². The highest BCUT2D eigenvalue weighted by Gasteiger charge is 2.43. The van der Waals surface area contributed by atoms with Crippen molar-refractivity contribution in [3.63, 3.8) is 0 Å². The van der Waals surface area contributed by atoms with Crippen LogP contribution in [0.4, 0.5) is 0 Å². The zero-order valence-corrected chi connectivity index (χ0v) is 15.1. The van der Waals surface area contributed by atoms with Crippen molar-refractivity contribution in [2.45, 2.75) is 36.4 Å². The van der Waals surface area contributed by atoms with Crippen molar-refractivity contribution in [3.05, 3.63) is 71.3 Å². The summed E-state index contributed by atoms with van der Waals surface area (Å²) >= 11 is 0. The number of nitrogens with zero attached hydrogens (tertiary/aromatic N) is 1. The highest BCUT2D eigenvalue weighted by atomic mass is 32.2. The second-order valence-electron chi connectivity index (χ2n) is 6.82. The number of fused-ring (bicyclic) bond motifs is 2. The van der Waals surface area contributed by atoms with Gasteiger partial charge in [0, 0.05) is 0 Å². The van der Waals surface area contributed by atoms with E-state index in [1.54, 1.807) is 6.07 Å². The van der Waals surface area contributed by atoms with E-state index in [0.29, 0.717) is 30.8 Å². The molecule has 1 saturated heterocycles. The molecule has 2 atom stereocenters. The van der Waals surface area contributed by atoms with E-state index in [4.69, 9.17) is 4.74 Å². The van der Waals surface area contributed by atoms with E-state index in [9.17, 15) is 13.7 Å². The third-order valence-corrected chi connectivity index (χ3v) is 7.75. The minimum Gasteiger partial charge on any atom is -0.488 e. The first-order valence-electron chi connectivity index (χ1n) is 8.72. The minimum absolute atomic E-state index is 0.267. The number of ether oxygens (including phenoxy) is 1. The Balaban J connectivity index is 1.62. The van der Waals surface area contributed by atoms with Gasteiger partial charge in [-0.2, -0.15) is 5.26 Å². The van der Waals surface area contributed by atoms with Gasteiger partial charge in [-0.3, -0.25) is 0 Å². The Hall–Kier alpha value is -2.58. The number of sulfone groups is 1. The summed E-state index contributed by atoms with van der Waals surface area (Å²) in [4.78, 5) is 0. The Morgan fingerprint density at radius 3 is 2.65 bits per heavy atom. The van der Waals surface area contributed by atoms with Crippen LogP contribution < -0.4 is 4.74 Å². The van der Waals surface area contributed by atoms with E-state index in [1.165, 1.54) is 0 Å². The van der Waals surface area contributed by atoms with Crippen molar-refractivity contribution >= 4 is 15.4 Å². The molecule has 0 N–H and O–H groups in total. The van der Waals surface area contributed by atoms with Gasteiger partial charge < -0.3 is 4.74 Å². The molecule has 0 radical (unpaired) electrons. The number of nitriles is 1. The Morgan fingerprint density at radius 1 is 1.12 bits per heavy atom. The number of benzene rings is 2. The summed E-state index contributed by atoms with van der Waals surface area (Å²) in [6.45, 7) is 0.387. The topological polar surface area (TPSA) is 67.2 Å². The Kier molecular flexibility index (Phi) is 4.29. The van der Waals surface area contributed by atoms with Gasteiger partial charge >= 0.3 is 0 Å². The van der Waals surface area contributed by atoms with Crippen molar-refractivity contribution in [2.24, 2.45) is 0 Å². The van der Waals surface area contributed by atoms with Crippen molar-refractivity contribution in [1.82, 2.24) is 0 Å². The third-order valence-electron chi connectivity index (χ3n) is 5.20. The average molecular weight is 365 g/mol. The largest absolute Gasteiger partial charge is 0.488 e.